The lowest BCUT2D eigenvalue weighted by Crippen LogP contribution is -2.15. The predicted molar refractivity (Wildman–Crippen MR) is 65.2 cm³/mol. The summed E-state index contributed by atoms with van der Waals surface area (Å²) in [6.45, 7) is 0. The molecule has 2 rings (SSSR count). The number of pyridine rings is 1. The molecule has 0 saturated carbocycles. The Morgan fingerprint density at radius 2 is 2.00 bits per heavy atom. The van der Waals surface area contributed by atoms with Gasteiger partial charge in [-0.1, -0.05) is 11.6 Å². The van der Waals surface area contributed by atoms with Crippen LogP contribution in [0.2, 0.25) is 5.02 Å². The summed E-state index contributed by atoms with van der Waals surface area (Å²) < 4.78 is 39.5. The molecule has 4 nitrogen and oxygen atoms in total. The van der Waals surface area contributed by atoms with E-state index < -0.39 is 34.7 Å². The molecule has 1 amide bonds. The number of amides is 1. The highest BCUT2D eigenvalue weighted by molar-refractivity contribution is 6.33. The summed E-state index contributed by atoms with van der Waals surface area (Å²) >= 11 is 5.75. The van der Waals surface area contributed by atoms with Gasteiger partial charge in [0.1, 0.15) is 0 Å². The van der Waals surface area contributed by atoms with Crippen LogP contribution < -0.4 is 5.32 Å². The number of aromatic nitrogens is 1. The average Bonchev–Trinajstić information content (AvgIpc) is 2.43. The maximum Gasteiger partial charge on any atom is 0.258 e. The van der Waals surface area contributed by atoms with E-state index in [1.54, 1.807) is 0 Å². The maximum absolute atomic E-state index is 13.5. The van der Waals surface area contributed by atoms with E-state index in [1.165, 1.54) is 18.5 Å². The Hall–Kier alpha value is -2.28. The molecular formula is C12H6ClF3N2O2. The minimum absolute atomic E-state index is 0.0581. The Kier molecular flexibility index (Phi) is 3.80. The van der Waals surface area contributed by atoms with E-state index in [9.17, 15) is 18.0 Å². The lowest BCUT2D eigenvalue weighted by atomic mass is 10.1. The molecule has 0 spiro atoms. The highest BCUT2D eigenvalue weighted by atomic mass is 35.5. The molecule has 1 aromatic carbocycles. The molecule has 1 heterocycles. The monoisotopic (exact) mass is 302 g/mol. The molecule has 20 heavy (non-hydrogen) atoms. The van der Waals surface area contributed by atoms with Crippen molar-refractivity contribution in [3.63, 3.8) is 0 Å². The summed E-state index contributed by atoms with van der Waals surface area (Å²) in [5.41, 5.74) is -0.802. The average molecular weight is 303 g/mol. The van der Waals surface area contributed by atoms with Gasteiger partial charge >= 0.3 is 0 Å². The second kappa shape index (κ2) is 5.38. The molecule has 2 N–H and O–H groups in total. The normalized spacial score (nSPS) is 10.4. The third-order valence-electron chi connectivity index (χ3n) is 2.39. The number of nitrogens with one attached hydrogen (secondary N) is 1. The van der Waals surface area contributed by atoms with Crippen LogP contribution in [0.25, 0.3) is 0 Å². The molecule has 0 unspecified atom stereocenters. The quantitative estimate of drug-likeness (QED) is 0.838. The molecule has 0 aliphatic heterocycles. The second-order valence-corrected chi connectivity index (χ2v) is 4.10. The minimum atomic E-state index is -1.77. The first-order chi connectivity index (χ1) is 9.41. The van der Waals surface area contributed by atoms with Gasteiger partial charge in [0.2, 0.25) is 5.82 Å². The fraction of sp³-hybridized carbons (Fsp3) is 0. The summed E-state index contributed by atoms with van der Waals surface area (Å²) in [4.78, 5) is 15.5. The first-order valence-corrected chi connectivity index (χ1v) is 5.57. The van der Waals surface area contributed by atoms with E-state index in [1.807, 2.05) is 0 Å². The Balaban J connectivity index is 2.38. The van der Waals surface area contributed by atoms with Crippen molar-refractivity contribution in [2.75, 3.05) is 5.32 Å². The zero-order chi connectivity index (χ0) is 14.9. The fourth-order valence-corrected chi connectivity index (χ4v) is 1.57. The number of phenolic OH excluding ortho intramolecular Hbond substituents is 1. The predicted octanol–water partition coefficient (Wildman–Crippen LogP) is 3.11. The molecule has 0 aliphatic carbocycles. The van der Waals surface area contributed by atoms with Crippen LogP contribution >= 0.6 is 11.6 Å². The smallest absolute Gasteiger partial charge is 0.258 e. The van der Waals surface area contributed by atoms with E-state index in [2.05, 4.69) is 10.3 Å². The molecule has 0 aliphatic rings. The largest absolute Gasteiger partial charge is 0.503 e. The third-order valence-corrected chi connectivity index (χ3v) is 2.72. The molecular weight excluding hydrogens is 297 g/mol. The van der Waals surface area contributed by atoms with Crippen LogP contribution in [-0.4, -0.2) is 16.0 Å². The highest BCUT2D eigenvalue weighted by Gasteiger charge is 2.22. The number of carbonyl (C=O) groups excluding carboxylic acids is 1. The molecule has 1 aromatic heterocycles. The number of hydrogen-bond acceptors (Lipinski definition) is 3. The van der Waals surface area contributed by atoms with Crippen molar-refractivity contribution in [1.82, 2.24) is 4.98 Å². The van der Waals surface area contributed by atoms with E-state index >= 15 is 0 Å². The number of carbonyl (C=O) groups is 1. The van der Waals surface area contributed by atoms with Gasteiger partial charge in [0, 0.05) is 6.20 Å². The zero-order valence-electron chi connectivity index (χ0n) is 9.62. The van der Waals surface area contributed by atoms with Crippen molar-refractivity contribution in [2.45, 2.75) is 0 Å². The Bertz CT molecular complexity index is 695. The Morgan fingerprint density at radius 3 is 2.65 bits per heavy atom. The van der Waals surface area contributed by atoms with Crippen LogP contribution in [-0.2, 0) is 0 Å². The standard InChI is InChI=1S/C12H6ClF3N2O2/c13-6-1-2-17-4-8(6)18-12(20)5-3-7(14)10(16)11(19)9(5)15/h1-4,19H,(H,18,20). The second-order valence-electron chi connectivity index (χ2n) is 3.69. The molecule has 0 atom stereocenters. The van der Waals surface area contributed by atoms with Crippen molar-refractivity contribution in [3.8, 4) is 5.75 Å². The van der Waals surface area contributed by atoms with Crippen molar-refractivity contribution < 1.29 is 23.1 Å². The molecule has 0 saturated heterocycles. The van der Waals surface area contributed by atoms with Gasteiger partial charge in [0.15, 0.2) is 17.4 Å². The van der Waals surface area contributed by atoms with Crippen LogP contribution in [0.15, 0.2) is 24.5 Å². The van der Waals surface area contributed by atoms with Crippen LogP contribution in [0.5, 0.6) is 5.75 Å². The van der Waals surface area contributed by atoms with Crippen LogP contribution in [0, 0.1) is 17.5 Å². The van der Waals surface area contributed by atoms with E-state index in [4.69, 9.17) is 16.7 Å². The Labute approximate surface area is 115 Å². The summed E-state index contributed by atoms with van der Waals surface area (Å²) in [6.07, 6.45) is 2.56. The van der Waals surface area contributed by atoms with Crippen molar-refractivity contribution in [2.24, 2.45) is 0 Å². The van der Waals surface area contributed by atoms with Gasteiger partial charge in [-0.25, -0.2) is 8.78 Å². The lowest BCUT2D eigenvalue weighted by Gasteiger charge is -2.08. The van der Waals surface area contributed by atoms with E-state index in [0.717, 1.165) is 0 Å². The number of anilines is 1. The number of benzene rings is 1. The highest BCUT2D eigenvalue weighted by Crippen LogP contribution is 2.27. The number of aromatic hydroxyl groups is 1. The number of hydrogen-bond donors (Lipinski definition) is 2. The van der Waals surface area contributed by atoms with Crippen LogP contribution in [0.4, 0.5) is 18.9 Å². The van der Waals surface area contributed by atoms with Gasteiger partial charge < -0.3 is 10.4 Å². The SMILES string of the molecule is O=C(Nc1cnccc1Cl)c1cc(F)c(F)c(O)c1F. The lowest BCUT2D eigenvalue weighted by molar-refractivity contribution is 0.102. The van der Waals surface area contributed by atoms with Gasteiger partial charge in [0.25, 0.3) is 5.91 Å². The fourth-order valence-electron chi connectivity index (χ4n) is 1.41. The maximum atomic E-state index is 13.5. The van der Waals surface area contributed by atoms with Gasteiger partial charge in [-0.15, -0.1) is 0 Å². The molecule has 2 aromatic rings. The van der Waals surface area contributed by atoms with Crippen molar-refractivity contribution >= 4 is 23.2 Å². The number of nitrogens with zero attached hydrogens (tertiary/aromatic N) is 1. The van der Waals surface area contributed by atoms with Crippen molar-refractivity contribution in [1.29, 1.82) is 0 Å². The van der Waals surface area contributed by atoms with Gasteiger partial charge in [-0.05, 0) is 12.1 Å². The number of rotatable bonds is 2. The summed E-state index contributed by atoms with van der Waals surface area (Å²) in [6, 6.07) is 1.71. The molecule has 8 heteroatoms. The van der Waals surface area contributed by atoms with Crippen LogP contribution in [0.3, 0.4) is 0 Å². The van der Waals surface area contributed by atoms with E-state index in [-0.39, 0.29) is 10.7 Å². The van der Waals surface area contributed by atoms with E-state index in [0.29, 0.717) is 6.07 Å². The van der Waals surface area contributed by atoms with Gasteiger partial charge in [0.05, 0.1) is 22.5 Å². The minimum Gasteiger partial charge on any atom is -0.503 e. The summed E-state index contributed by atoms with van der Waals surface area (Å²) in [7, 11) is 0. The molecule has 0 radical (unpaired) electrons. The molecule has 0 bridgehead atoms. The zero-order valence-corrected chi connectivity index (χ0v) is 10.4. The molecule has 104 valence electrons. The summed E-state index contributed by atoms with van der Waals surface area (Å²) in [5.74, 6) is -7.55. The van der Waals surface area contributed by atoms with Gasteiger partial charge in [-0.3, -0.25) is 9.78 Å². The topological polar surface area (TPSA) is 62.2 Å². The number of halogens is 4. The first kappa shape index (κ1) is 14.1. The third kappa shape index (κ3) is 2.53. The number of phenols is 1. The molecule has 0 fully saturated rings. The Morgan fingerprint density at radius 1 is 1.30 bits per heavy atom. The summed E-state index contributed by atoms with van der Waals surface area (Å²) in [5, 5.41) is 11.3. The van der Waals surface area contributed by atoms with Crippen LogP contribution in [0.1, 0.15) is 10.4 Å². The van der Waals surface area contributed by atoms with Gasteiger partial charge in [-0.2, -0.15) is 4.39 Å². The first-order valence-electron chi connectivity index (χ1n) is 5.19. The van der Waals surface area contributed by atoms with Crippen molar-refractivity contribution in [3.05, 3.63) is 52.6 Å².